The van der Waals surface area contributed by atoms with E-state index in [4.69, 9.17) is 10.5 Å². The van der Waals surface area contributed by atoms with E-state index >= 15 is 0 Å². The molecule has 0 spiro atoms. The average molecular weight is 250 g/mol. The minimum atomic E-state index is -0.606. The fourth-order valence-electron chi connectivity index (χ4n) is 1.65. The van der Waals surface area contributed by atoms with Gasteiger partial charge in [0.25, 0.3) is 0 Å². The Hall–Kier alpha value is -2.04. The van der Waals surface area contributed by atoms with Gasteiger partial charge in [-0.1, -0.05) is 19.1 Å². The van der Waals surface area contributed by atoms with Crippen LogP contribution >= 0.6 is 0 Å². The van der Waals surface area contributed by atoms with Gasteiger partial charge in [-0.05, 0) is 30.5 Å². The van der Waals surface area contributed by atoms with Crippen molar-refractivity contribution in [2.45, 2.75) is 26.2 Å². The van der Waals surface area contributed by atoms with Crippen LogP contribution in [0, 0.1) is 0 Å². The Kier molecular flexibility index (Phi) is 5.17. The van der Waals surface area contributed by atoms with Crippen molar-refractivity contribution >= 4 is 17.7 Å². The number of hydrogen-bond acceptors (Lipinski definition) is 3. The van der Waals surface area contributed by atoms with E-state index in [1.54, 1.807) is 19.1 Å². The van der Waals surface area contributed by atoms with Gasteiger partial charge in [-0.15, -0.1) is 0 Å². The third kappa shape index (κ3) is 4.45. The molecule has 0 saturated carbocycles. The maximum absolute atomic E-state index is 11.4. The molecule has 1 aromatic carbocycles. The van der Waals surface area contributed by atoms with Crippen LogP contribution < -0.4 is 11.1 Å². The molecule has 0 aliphatic rings. The molecule has 1 rings (SSSR count). The van der Waals surface area contributed by atoms with Crippen molar-refractivity contribution in [3.8, 4) is 0 Å². The van der Waals surface area contributed by atoms with Gasteiger partial charge in [-0.25, -0.2) is 4.79 Å². The molecule has 0 radical (unpaired) electrons. The lowest BCUT2D eigenvalue weighted by Gasteiger charge is -2.12. The second kappa shape index (κ2) is 6.64. The van der Waals surface area contributed by atoms with Crippen molar-refractivity contribution in [3.05, 3.63) is 29.8 Å². The summed E-state index contributed by atoms with van der Waals surface area (Å²) in [6.07, 6.45) is 0.313. The summed E-state index contributed by atoms with van der Waals surface area (Å²) in [5.41, 5.74) is 6.62. The van der Waals surface area contributed by atoms with E-state index in [2.05, 4.69) is 5.32 Å². The number of benzene rings is 1. The maximum atomic E-state index is 11.4. The van der Waals surface area contributed by atoms with Gasteiger partial charge in [0.15, 0.2) is 0 Å². The Morgan fingerprint density at radius 3 is 2.78 bits per heavy atom. The van der Waals surface area contributed by atoms with Crippen molar-refractivity contribution in [1.29, 1.82) is 0 Å². The van der Waals surface area contributed by atoms with Crippen LogP contribution in [0.15, 0.2) is 24.3 Å². The van der Waals surface area contributed by atoms with Crippen molar-refractivity contribution in [2.24, 2.45) is 5.73 Å². The third-order valence-electron chi connectivity index (χ3n) is 2.50. The average Bonchev–Trinajstić information content (AvgIpc) is 2.28. The molecule has 0 aliphatic heterocycles. The molecular weight excluding hydrogens is 232 g/mol. The van der Waals surface area contributed by atoms with Crippen molar-refractivity contribution in [3.63, 3.8) is 0 Å². The smallest absolute Gasteiger partial charge is 0.316 e. The summed E-state index contributed by atoms with van der Waals surface area (Å²) in [6, 6.07) is 6.64. The lowest BCUT2D eigenvalue weighted by molar-refractivity contribution is -0.143. The molecule has 0 bridgehead atoms. The van der Waals surface area contributed by atoms with Crippen LogP contribution in [0.25, 0.3) is 0 Å². The quantitative estimate of drug-likeness (QED) is 0.786. The van der Waals surface area contributed by atoms with Crippen LogP contribution in [0.3, 0.4) is 0 Å². The molecule has 0 aliphatic carbocycles. The monoisotopic (exact) mass is 250 g/mol. The molecule has 1 aromatic rings. The van der Waals surface area contributed by atoms with E-state index in [-0.39, 0.29) is 11.9 Å². The number of amides is 2. The molecule has 18 heavy (non-hydrogen) atoms. The molecule has 1 unspecified atom stereocenters. The number of carbonyl (C=O) groups is 2. The minimum Gasteiger partial charge on any atom is -0.466 e. The first-order chi connectivity index (χ1) is 8.52. The molecule has 0 saturated heterocycles. The van der Waals surface area contributed by atoms with Crippen LogP contribution in [-0.2, 0) is 9.53 Å². The van der Waals surface area contributed by atoms with Crippen LogP contribution in [0.1, 0.15) is 31.7 Å². The van der Waals surface area contributed by atoms with Gasteiger partial charge in [-0.3, -0.25) is 4.79 Å². The summed E-state index contributed by atoms with van der Waals surface area (Å²) in [5.74, 6) is -0.197. The van der Waals surface area contributed by atoms with Gasteiger partial charge in [0.05, 0.1) is 13.0 Å². The zero-order chi connectivity index (χ0) is 13.5. The fourth-order valence-corrected chi connectivity index (χ4v) is 1.65. The van der Waals surface area contributed by atoms with Crippen molar-refractivity contribution < 1.29 is 14.3 Å². The molecule has 3 N–H and O–H groups in total. The number of rotatable bonds is 5. The van der Waals surface area contributed by atoms with Gasteiger partial charge in [0, 0.05) is 5.69 Å². The third-order valence-corrected chi connectivity index (χ3v) is 2.50. The van der Waals surface area contributed by atoms with Crippen LogP contribution in [0.4, 0.5) is 10.5 Å². The Bertz CT molecular complexity index is 432. The number of esters is 1. The standard InChI is InChI=1S/C13H18N2O3/c1-3-18-12(16)7-9(2)10-5-4-6-11(8-10)15-13(14)17/h4-6,8-9H,3,7H2,1-2H3,(H3,14,15,17). The van der Waals surface area contributed by atoms with Gasteiger partial charge >= 0.3 is 12.0 Å². The second-order valence-electron chi connectivity index (χ2n) is 4.02. The van der Waals surface area contributed by atoms with E-state index < -0.39 is 6.03 Å². The maximum Gasteiger partial charge on any atom is 0.316 e. The van der Waals surface area contributed by atoms with E-state index in [1.807, 2.05) is 19.1 Å². The predicted molar refractivity (Wildman–Crippen MR) is 69.3 cm³/mol. The number of anilines is 1. The molecule has 0 heterocycles. The minimum absolute atomic E-state index is 0.0266. The summed E-state index contributed by atoms with van der Waals surface area (Å²) < 4.78 is 4.90. The SMILES string of the molecule is CCOC(=O)CC(C)c1cccc(NC(N)=O)c1. The highest BCUT2D eigenvalue weighted by Gasteiger charge is 2.12. The number of nitrogens with two attached hydrogens (primary N) is 1. The Morgan fingerprint density at radius 2 is 2.17 bits per heavy atom. The Balaban J connectivity index is 2.70. The number of nitrogens with one attached hydrogen (secondary N) is 1. The number of ether oxygens (including phenoxy) is 1. The summed E-state index contributed by atoms with van der Waals surface area (Å²) >= 11 is 0. The highest BCUT2D eigenvalue weighted by atomic mass is 16.5. The van der Waals surface area contributed by atoms with E-state index in [0.717, 1.165) is 5.56 Å². The molecule has 2 amide bonds. The topological polar surface area (TPSA) is 81.4 Å². The van der Waals surface area contributed by atoms with E-state index in [9.17, 15) is 9.59 Å². The normalized spacial score (nSPS) is 11.7. The molecule has 0 aromatic heterocycles. The van der Waals surface area contributed by atoms with Crippen LogP contribution in [-0.4, -0.2) is 18.6 Å². The molecule has 5 nitrogen and oxygen atoms in total. The first kappa shape index (κ1) is 14.0. The van der Waals surface area contributed by atoms with Crippen molar-refractivity contribution in [2.75, 3.05) is 11.9 Å². The molecule has 0 fully saturated rings. The van der Waals surface area contributed by atoms with E-state index in [0.29, 0.717) is 18.7 Å². The van der Waals surface area contributed by atoms with Crippen molar-refractivity contribution in [1.82, 2.24) is 0 Å². The first-order valence-corrected chi connectivity index (χ1v) is 5.85. The zero-order valence-corrected chi connectivity index (χ0v) is 10.6. The van der Waals surface area contributed by atoms with E-state index in [1.165, 1.54) is 0 Å². The number of hydrogen-bond donors (Lipinski definition) is 2. The molecule has 1 atom stereocenters. The summed E-state index contributed by atoms with van der Waals surface area (Å²) in [7, 11) is 0. The summed E-state index contributed by atoms with van der Waals surface area (Å²) in [5, 5.41) is 2.50. The largest absolute Gasteiger partial charge is 0.466 e. The Morgan fingerprint density at radius 1 is 1.44 bits per heavy atom. The first-order valence-electron chi connectivity index (χ1n) is 5.85. The van der Waals surface area contributed by atoms with Gasteiger partial charge in [0.1, 0.15) is 0 Å². The lowest BCUT2D eigenvalue weighted by Crippen LogP contribution is -2.19. The zero-order valence-electron chi connectivity index (χ0n) is 10.6. The summed E-state index contributed by atoms with van der Waals surface area (Å²) in [4.78, 5) is 22.1. The van der Waals surface area contributed by atoms with Gasteiger partial charge in [0.2, 0.25) is 0 Å². The number of primary amides is 1. The highest BCUT2D eigenvalue weighted by Crippen LogP contribution is 2.22. The number of carbonyl (C=O) groups excluding carboxylic acids is 2. The predicted octanol–water partition coefficient (Wildman–Crippen LogP) is 2.23. The second-order valence-corrected chi connectivity index (χ2v) is 4.02. The fraction of sp³-hybridized carbons (Fsp3) is 0.385. The van der Waals surface area contributed by atoms with Crippen LogP contribution in [0.5, 0.6) is 0 Å². The molecular formula is C13H18N2O3. The van der Waals surface area contributed by atoms with Gasteiger partial charge in [-0.2, -0.15) is 0 Å². The summed E-state index contributed by atoms with van der Waals surface area (Å²) in [6.45, 7) is 4.09. The highest BCUT2D eigenvalue weighted by molar-refractivity contribution is 5.87. The van der Waals surface area contributed by atoms with Crippen LogP contribution in [0.2, 0.25) is 0 Å². The Labute approximate surface area is 106 Å². The van der Waals surface area contributed by atoms with Gasteiger partial charge < -0.3 is 15.8 Å². The molecule has 5 heteroatoms. The lowest BCUT2D eigenvalue weighted by atomic mass is 9.97. The molecule has 98 valence electrons. The number of urea groups is 1.